The Hall–Kier alpha value is -3.40. The predicted octanol–water partition coefficient (Wildman–Crippen LogP) is 6.68. The number of anilines is 2. The van der Waals surface area contributed by atoms with Gasteiger partial charge in [0.1, 0.15) is 11.4 Å². The van der Waals surface area contributed by atoms with Gasteiger partial charge in [0, 0.05) is 11.9 Å². The molecule has 1 fully saturated rings. The van der Waals surface area contributed by atoms with Crippen molar-refractivity contribution in [3.63, 3.8) is 0 Å². The molecular formula is C26H24N2O2. The summed E-state index contributed by atoms with van der Waals surface area (Å²) in [5.41, 5.74) is 4.71. The first-order chi connectivity index (χ1) is 14.7. The minimum Gasteiger partial charge on any atom is -0.478 e. The number of allylic oxidation sites excluding steroid dienone is 4. The van der Waals surface area contributed by atoms with E-state index in [2.05, 4.69) is 58.9 Å². The third-order valence-corrected chi connectivity index (χ3v) is 5.93. The number of nitrogens with zero attached hydrogens (tertiary/aromatic N) is 1. The lowest BCUT2D eigenvalue weighted by molar-refractivity contribution is 0.0697. The maximum atomic E-state index is 11.8. The highest BCUT2D eigenvalue weighted by Gasteiger charge is 2.26. The van der Waals surface area contributed by atoms with Crippen LogP contribution in [0.4, 0.5) is 11.5 Å². The Kier molecular flexibility index (Phi) is 4.83. The largest absolute Gasteiger partial charge is 0.478 e. The van der Waals surface area contributed by atoms with E-state index in [9.17, 15) is 9.90 Å². The Morgan fingerprint density at radius 1 is 1.13 bits per heavy atom. The van der Waals surface area contributed by atoms with Gasteiger partial charge in [0.15, 0.2) is 0 Å². The molecule has 3 aromatic rings. The van der Waals surface area contributed by atoms with Gasteiger partial charge in [-0.05, 0) is 83.7 Å². The van der Waals surface area contributed by atoms with E-state index in [4.69, 9.17) is 0 Å². The Morgan fingerprint density at radius 3 is 2.87 bits per heavy atom. The van der Waals surface area contributed by atoms with Gasteiger partial charge in [0.2, 0.25) is 0 Å². The van der Waals surface area contributed by atoms with E-state index in [0.717, 1.165) is 42.3 Å². The second-order valence-corrected chi connectivity index (χ2v) is 8.12. The summed E-state index contributed by atoms with van der Waals surface area (Å²) in [7, 11) is 0. The molecule has 2 aliphatic rings. The minimum absolute atomic E-state index is 0.226. The molecule has 0 aliphatic heterocycles. The molecule has 0 amide bonds. The maximum absolute atomic E-state index is 11.8. The van der Waals surface area contributed by atoms with Crippen LogP contribution in [0.1, 0.15) is 59.5 Å². The first-order valence-electron chi connectivity index (χ1n) is 10.6. The molecule has 5 rings (SSSR count). The normalized spacial score (nSPS) is 16.2. The van der Waals surface area contributed by atoms with Crippen LogP contribution in [0.15, 0.2) is 66.9 Å². The van der Waals surface area contributed by atoms with Gasteiger partial charge in [-0.15, -0.1) is 0 Å². The fourth-order valence-corrected chi connectivity index (χ4v) is 4.16. The van der Waals surface area contributed by atoms with Crippen molar-refractivity contribution in [2.45, 2.75) is 38.0 Å². The van der Waals surface area contributed by atoms with Crippen LogP contribution in [0.5, 0.6) is 0 Å². The van der Waals surface area contributed by atoms with E-state index < -0.39 is 5.97 Å². The van der Waals surface area contributed by atoms with Gasteiger partial charge in [0.05, 0.1) is 0 Å². The van der Waals surface area contributed by atoms with Crippen LogP contribution < -0.4 is 5.32 Å². The van der Waals surface area contributed by atoms with Crippen molar-refractivity contribution in [2.75, 3.05) is 5.32 Å². The zero-order valence-electron chi connectivity index (χ0n) is 16.8. The Balaban J connectivity index is 1.48. The van der Waals surface area contributed by atoms with Crippen molar-refractivity contribution in [2.24, 2.45) is 0 Å². The van der Waals surface area contributed by atoms with Crippen LogP contribution >= 0.6 is 0 Å². The molecule has 1 heterocycles. The van der Waals surface area contributed by atoms with Crippen LogP contribution in [0.25, 0.3) is 16.3 Å². The summed E-state index contributed by atoms with van der Waals surface area (Å²) in [6, 6.07) is 14.3. The number of aromatic carboxylic acids is 1. The molecule has 1 saturated carbocycles. The predicted molar refractivity (Wildman–Crippen MR) is 121 cm³/mol. The number of benzene rings is 2. The molecule has 150 valence electrons. The number of hydrogen-bond donors (Lipinski definition) is 2. The average molecular weight is 396 g/mol. The molecule has 30 heavy (non-hydrogen) atoms. The van der Waals surface area contributed by atoms with Crippen LogP contribution in [0.2, 0.25) is 0 Å². The second-order valence-electron chi connectivity index (χ2n) is 8.12. The third-order valence-electron chi connectivity index (χ3n) is 5.93. The number of aromatic nitrogens is 1. The molecule has 2 aromatic carbocycles. The number of pyridine rings is 1. The van der Waals surface area contributed by atoms with Crippen LogP contribution in [-0.4, -0.2) is 16.1 Å². The quantitative estimate of drug-likeness (QED) is 0.505. The first kappa shape index (κ1) is 18.6. The highest BCUT2D eigenvalue weighted by molar-refractivity contribution is 5.97. The zero-order chi connectivity index (χ0) is 20.5. The Bertz CT molecular complexity index is 1190. The lowest BCUT2D eigenvalue weighted by atomic mass is 9.95. The van der Waals surface area contributed by atoms with Crippen molar-refractivity contribution in [3.8, 4) is 0 Å². The molecule has 0 saturated heterocycles. The minimum atomic E-state index is -0.955. The molecule has 2 N–H and O–H groups in total. The molecule has 1 aromatic heterocycles. The van der Waals surface area contributed by atoms with E-state index in [1.807, 2.05) is 6.07 Å². The molecule has 0 bridgehead atoms. The van der Waals surface area contributed by atoms with E-state index in [0.29, 0.717) is 11.7 Å². The van der Waals surface area contributed by atoms with Crippen LogP contribution in [0.3, 0.4) is 0 Å². The third kappa shape index (κ3) is 3.73. The Labute approximate surface area is 176 Å². The molecular weight excluding hydrogens is 372 g/mol. The van der Waals surface area contributed by atoms with Crippen molar-refractivity contribution in [3.05, 3.63) is 83.6 Å². The van der Waals surface area contributed by atoms with Crippen LogP contribution in [-0.2, 0) is 0 Å². The number of fused-ring (bicyclic) bond motifs is 1. The summed E-state index contributed by atoms with van der Waals surface area (Å²) in [5, 5.41) is 15.2. The molecule has 0 spiro atoms. The summed E-state index contributed by atoms with van der Waals surface area (Å²) < 4.78 is 0. The highest BCUT2D eigenvalue weighted by Crippen LogP contribution is 2.40. The van der Waals surface area contributed by atoms with Gasteiger partial charge in [-0.2, -0.15) is 0 Å². The monoisotopic (exact) mass is 396 g/mol. The van der Waals surface area contributed by atoms with Gasteiger partial charge in [0.25, 0.3) is 0 Å². The molecule has 0 atom stereocenters. The lowest BCUT2D eigenvalue weighted by Gasteiger charge is -2.13. The molecule has 4 nitrogen and oxygen atoms in total. The van der Waals surface area contributed by atoms with Crippen LogP contribution in [0, 0.1) is 0 Å². The van der Waals surface area contributed by atoms with E-state index >= 15 is 0 Å². The summed E-state index contributed by atoms with van der Waals surface area (Å²) in [4.78, 5) is 16.2. The Morgan fingerprint density at radius 2 is 2.03 bits per heavy atom. The van der Waals surface area contributed by atoms with E-state index in [1.165, 1.54) is 22.9 Å². The van der Waals surface area contributed by atoms with Crippen molar-refractivity contribution in [1.29, 1.82) is 0 Å². The van der Waals surface area contributed by atoms with Gasteiger partial charge in [-0.25, -0.2) is 9.78 Å². The number of carboxylic acid groups (broad SMARTS) is 1. The first-order valence-corrected chi connectivity index (χ1v) is 10.6. The molecule has 2 aliphatic carbocycles. The van der Waals surface area contributed by atoms with Gasteiger partial charge in [-0.1, -0.05) is 42.5 Å². The smallest absolute Gasteiger partial charge is 0.339 e. The summed E-state index contributed by atoms with van der Waals surface area (Å²) in [6.45, 7) is 0. The number of carbonyl (C=O) groups is 1. The maximum Gasteiger partial charge on any atom is 0.339 e. The van der Waals surface area contributed by atoms with E-state index in [1.54, 1.807) is 12.3 Å². The number of carboxylic acids is 1. The zero-order valence-corrected chi connectivity index (χ0v) is 16.8. The SMILES string of the molecule is O=C(O)c1cc(C2CC2)cnc1Nc1ccc2c(C3=CC=CCCC3)cccc2c1. The number of rotatable bonds is 5. The van der Waals surface area contributed by atoms with Gasteiger partial charge in [-0.3, -0.25) is 0 Å². The average Bonchev–Trinajstić information content (AvgIpc) is 3.61. The van der Waals surface area contributed by atoms with Crippen molar-refractivity contribution < 1.29 is 9.90 Å². The van der Waals surface area contributed by atoms with Gasteiger partial charge < -0.3 is 10.4 Å². The number of hydrogen-bond acceptors (Lipinski definition) is 3. The van der Waals surface area contributed by atoms with Crippen molar-refractivity contribution in [1.82, 2.24) is 4.98 Å². The van der Waals surface area contributed by atoms with Crippen molar-refractivity contribution >= 4 is 33.8 Å². The molecule has 0 unspecified atom stereocenters. The number of nitrogens with one attached hydrogen (secondary N) is 1. The topological polar surface area (TPSA) is 62.2 Å². The molecule has 0 radical (unpaired) electrons. The fraction of sp³-hybridized carbons (Fsp3) is 0.231. The van der Waals surface area contributed by atoms with E-state index in [-0.39, 0.29) is 5.56 Å². The highest BCUT2D eigenvalue weighted by atomic mass is 16.4. The standard InChI is InChI=1S/C26H24N2O2/c29-26(30)24-15-20(17-10-11-17)16-27-25(24)28-21-12-13-23-19(14-21)8-5-9-22(23)18-6-3-1-2-4-7-18/h1,3,5-6,8-9,12-17H,2,4,7,10-11H2,(H,27,28)(H,29,30). The van der Waals surface area contributed by atoms with Gasteiger partial charge >= 0.3 is 5.97 Å². The summed E-state index contributed by atoms with van der Waals surface area (Å²) in [5.74, 6) is -0.0974. The molecule has 4 heteroatoms. The fourth-order valence-electron chi connectivity index (χ4n) is 4.16. The summed E-state index contributed by atoms with van der Waals surface area (Å²) in [6.07, 6.45) is 14.0. The lowest BCUT2D eigenvalue weighted by Crippen LogP contribution is -2.06. The second kappa shape index (κ2) is 7.79. The summed E-state index contributed by atoms with van der Waals surface area (Å²) >= 11 is 0.